The maximum absolute atomic E-state index is 12.0. The number of nitrogens with one attached hydrogen (secondary N) is 1. The Bertz CT molecular complexity index is 187. The number of rotatable bonds is 7. The summed E-state index contributed by atoms with van der Waals surface area (Å²) in [6, 6.07) is 1.33. The minimum absolute atomic E-state index is 0.157. The molecule has 2 nitrogen and oxygen atoms in total. The average Bonchev–Trinajstić information content (AvgIpc) is 2.48. The van der Waals surface area contributed by atoms with Crippen LogP contribution in [0.5, 0.6) is 0 Å². The zero-order chi connectivity index (χ0) is 12.5. The van der Waals surface area contributed by atoms with Gasteiger partial charge in [0.1, 0.15) is 0 Å². The number of alkyl halides is 1. The second kappa shape index (κ2) is 8.87. The highest BCUT2D eigenvalue weighted by Gasteiger charge is 2.21. The molecule has 0 aromatic rings. The maximum Gasteiger partial charge on any atom is 0.0894 e. The van der Waals surface area contributed by atoms with E-state index in [1.165, 1.54) is 25.8 Å². The molecular formula is C14H29FN2. The van der Waals surface area contributed by atoms with Crippen LogP contribution >= 0.6 is 0 Å². The third kappa shape index (κ3) is 5.82. The van der Waals surface area contributed by atoms with Gasteiger partial charge >= 0.3 is 0 Å². The first-order valence-corrected chi connectivity index (χ1v) is 7.31. The summed E-state index contributed by atoms with van der Waals surface area (Å²) in [4.78, 5) is 2.60. The highest BCUT2D eigenvalue weighted by atomic mass is 19.1. The number of hydrogen-bond donors (Lipinski definition) is 1. The zero-order valence-electron chi connectivity index (χ0n) is 11.6. The van der Waals surface area contributed by atoms with E-state index in [0.717, 1.165) is 32.4 Å². The van der Waals surface area contributed by atoms with Gasteiger partial charge in [-0.25, -0.2) is 0 Å². The summed E-state index contributed by atoms with van der Waals surface area (Å²) in [7, 11) is 0. The molecular weight excluding hydrogens is 215 g/mol. The summed E-state index contributed by atoms with van der Waals surface area (Å²) in [5, 5.41) is 3.64. The molecule has 1 heterocycles. The molecule has 1 saturated heterocycles. The molecule has 0 amide bonds. The predicted molar refractivity (Wildman–Crippen MR) is 72.2 cm³/mol. The molecule has 1 rings (SSSR count). The molecule has 0 radical (unpaired) electrons. The van der Waals surface area contributed by atoms with Gasteiger partial charge in [0.25, 0.3) is 0 Å². The van der Waals surface area contributed by atoms with Crippen LogP contribution in [0.2, 0.25) is 0 Å². The smallest absolute Gasteiger partial charge is 0.0894 e. The van der Waals surface area contributed by atoms with Gasteiger partial charge in [-0.15, -0.1) is 0 Å². The van der Waals surface area contributed by atoms with Crippen molar-refractivity contribution in [1.29, 1.82) is 0 Å². The Balaban J connectivity index is 2.31. The molecule has 1 N–H and O–H groups in total. The largest absolute Gasteiger partial charge is 0.313 e. The maximum atomic E-state index is 12.0. The molecule has 2 unspecified atom stereocenters. The lowest BCUT2D eigenvalue weighted by atomic mass is 10.1. The van der Waals surface area contributed by atoms with Crippen LogP contribution in [-0.4, -0.2) is 43.3 Å². The molecule has 2 atom stereocenters. The fraction of sp³-hybridized carbons (Fsp3) is 1.00. The van der Waals surface area contributed by atoms with Crippen LogP contribution < -0.4 is 5.32 Å². The van der Waals surface area contributed by atoms with E-state index in [-0.39, 0.29) is 6.67 Å². The molecule has 17 heavy (non-hydrogen) atoms. The fourth-order valence-corrected chi connectivity index (χ4v) is 2.65. The Kier molecular flexibility index (Phi) is 7.78. The number of hydrogen-bond acceptors (Lipinski definition) is 2. The number of nitrogens with zero attached hydrogens (tertiary/aromatic N) is 1. The summed E-state index contributed by atoms with van der Waals surface area (Å²) in [6.45, 7) is 7.88. The van der Waals surface area contributed by atoms with Gasteiger partial charge < -0.3 is 5.32 Å². The zero-order valence-corrected chi connectivity index (χ0v) is 11.6. The van der Waals surface area contributed by atoms with Gasteiger partial charge in [-0.05, 0) is 52.1 Å². The minimum Gasteiger partial charge on any atom is -0.313 e. The van der Waals surface area contributed by atoms with Crippen molar-refractivity contribution in [2.24, 2.45) is 0 Å². The summed E-state index contributed by atoms with van der Waals surface area (Å²) in [5.41, 5.74) is 0. The van der Waals surface area contributed by atoms with E-state index < -0.39 is 0 Å². The molecule has 3 heteroatoms. The summed E-state index contributed by atoms with van der Waals surface area (Å²) >= 11 is 0. The third-order valence-corrected chi connectivity index (χ3v) is 3.79. The van der Waals surface area contributed by atoms with Crippen molar-refractivity contribution < 1.29 is 4.39 Å². The third-order valence-electron chi connectivity index (χ3n) is 3.79. The van der Waals surface area contributed by atoms with E-state index in [1.54, 1.807) is 0 Å². The standard InChI is InChI=1S/C14H29FN2/c1-3-7-14-12-17(11-6-4-5-9-15)13(2)8-10-16-14/h13-14,16H,3-12H2,1-2H3. The Hall–Kier alpha value is -0.150. The summed E-state index contributed by atoms with van der Waals surface area (Å²) in [5.74, 6) is 0. The van der Waals surface area contributed by atoms with E-state index in [9.17, 15) is 4.39 Å². The van der Waals surface area contributed by atoms with E-state index in [0.29, 0.717) is 12.1 Å². The van der Waals surface area contributed by atoms with Gasteiger partial charge in [0.2, 0.25) is 0 Å². The molecule has 102 valence electrons. The monoisotopic (exact) mass is 244 g/mol. The van der Waals surface area contributed by atoms with Gasteiger partial charge in [-0.1, -0.05) is 13.3 Å². The quantitative estimate of drug-likeness (QED) is 0.693. The number of unbranched alkanes of at least 4 members (excludes halogenated alkanes) is 2. The molecule has 1 aliphatic rings. The van der Waals surface area contributed by atoms with E-state index in [4.69, 9.17) is 0 Å². The highest BCUT2D eigenvalue weighted by molar-refractivity contribution is 4.80. The first kappa shape index (κ1) is 14.9. The molecule has 0 aromatic carbocycles. The minimum atomic E-state index is -0.157. The van der Waals surface area contributed by atoms with Crippen molar-refractivity contribution in [3.8, 4) is 0 Å². The summed E-state index contributed by atoms with van der Waals surface area (Å²) < 4.78 is 12.0. The van der Waals surface area contributed by atoms with Crippen molar-refractivity contribution in [3.05, 3.63) is 0 Å². The van der Waals surface area contributed by atoms with Gasteiger partial charge in [0.05, 0.1) is 6.67 Å². The van der Waals surface area contributed by atoms with Crippen molar-refractivity contribution in [2.45, 2.75) is 64.5 Å². The molecule has 0 bridgehead atoms. The normalized spacial score (nSPS) is 27.0. The van der Waals surface area contributed by atoms with Gasteiger partial charge in [0.15, 0.2) is 0 Å². The molecule has 1 fully saturated rings. The summed E-state index contributed by atoms with van der Waals surface area (Å²) in [6.07, 6.45) is 6.68. The SMILES string of the molecule is CCCC1CN(CCCCCF)C(C)CCN1. The molecule has 0 spiro atoms. The van der Waals surface area contributed by atoms with Crippen LogP contribution in [0, 0.1) is 0 Å². The molecule has 0 saturated carbocycles. The lowest BCUT2D eigenvalue weighted by Gasteiger charge is -2.29. The molecule has 1 aliphatic heterocycles. The van der Waals surface area contributed by atoms with E-state index in [1.807, 2.05) is 0 Å². The Morgan fingerprint density at radius 2 is 2.12 bits per heavy atom. The van der Waals surface area contributed by atoms with Crippen LogP contribution in [0.15, 0.2) is 0 Å². The Labute approximate surface area is 106 Å². The molecule has 0 aromatic heterocycles. The fourth-order valence-electron chi connectivity index (χ4n) is 2.65. The van der Waals surface area contributed by atoms with Crippen molar-refractivity contribution >= 4 is 0 Å². The Morgan fingerprint density at radius 3 is 2.82 bits per heavy atom. The predicted octanol–water partition coefficient (Wildman–Crippen LogP) is 2.98. The van der Waals surface area contributed by atoms with Gasteiger partial charge in [0, 0.05) is 18.6 Å². The topological polar surface area (TPSA) is 15.3 Å². The second-order valence-electron chi connectivity index (χ2n) is 5.32. The first-order chi connectivity index (χ1) is 8.27. The lowest BCUT2D eigenvalue weighted by Crippen LogP contribution is -2.40. The lowest BCUT2D eigenvalue weighted by molar-refractivity contribution is 0.197. The number of halogens is 1. The van der Waals surface area contributed by atoms with Gasteiger partial charge in [-0.3, -0.25) is 9.29 Å². The van der Waals surface area contributed by atoms with Gasteiger partial charge in [-0.2, -0.15) is 0 Å². The van der Waals surface area contributed by atoms with E-state index in [2.05, 4.69) is 24.1 Å². The van der Waals surface area contributed by atoms with Crippen LogP contribution in [0.3, 0.4) is 0 Å². The first-order valence-electron chi connectivity index (χ1n) is 7.31. The average molecular weight is 244 g/mol. The van der Waals surface area contributed by atoms with Crippen molar-refractivity contribution in [1.82, 2.24) is 10.2 Å². The van der Waals surface area contributed by atoms with Crippen molar-refractivity contribution in [3.63, 3.8) is 0 Å². The van der Waals surface area contributed by atoms with Crippen LogP contribution in [0.1, 0.15) is 52.4 Å². The highest BCUT2D eigenvalue weighted by Crippen LogP contribution is 2.13. The van der Waals surface area contributed by atoms with Crippen molar-refractivity contribution in [2.75, 3.05) is 26.3 Å². The van der Waals surface area contributed by atoms with Crippen LogP contribution in [-0.2, 0) is 0 Å². The molecule has 0 aliphatic carbocycles. The second-order valence-corrected chi connectivity index (χ2v) is 5.32. The van der Waals surface area contributed by atoms with E-state index >= 15 is 0 Å². The van der Waals surface area contributed by atoms with Crippen LogP contribution in [0.25, 0.3) is 0 Å². The Morgan fingerprint density at radius 1 is 1.29 bits per heavy atom. The van der Waals surface area contributed by atoms with Crippen LogP contribution in [0.4, 0.5) is 4.39 Å².